The summed E-state index contributed by atoms with van der Waals surface area (Å²) in [5, 5.41) is 2.37. The number of para-hydroxylation sites is 1. The van der Waals surface area contributed by atoms with E-state index in [9.17, 15) is 0 Å². The maximum atomic E-state index is 6.16. The fourth-order valence-corrected chi connectivity index (χ4v) is 5.58. The van der Waals surface area contributed by atoms with Crippen LogP contribution in [0.15, 0.2) is 101 Å². The first-order valence-electron chi connectivity index (χ1n) is 11.9. The molecule has 1 aliphatic carbocycles. The van der Waals surface area contributed by atoms with E-state index in [4.69, 9.17) is 4.42 Å². The van der Waals surface area contributed by atoms with E-state index in [2.05, 4.69) is 111 Å². The lowest BCUT2D eigenvalue weighted by Gasteiger charge is -2.10. The highest BCUT2D eigenvalue weighted by atomic mass is 16.3. The highest BCUT2D eigenvalue weighted by molar-refractivity contribution is 6.07. The zero-order valence-electron chi connectivity index (χ0n) is 19.4. The van der Waals surface area contributed by atoms with Crippen LogP contribution >= 0.6 is 0 Å². The van der Waals surface area contributed by atoms with Crippen molar-refractivity contribution in [2.75, 3.05) is 0 Å². The van der Waals surface area contributed by atoms with Gasteiger partial charge in [-0.05, 0) is 88.5 Å². The van der Waals surface area contributed by atoms with Crippen molar-refractivity contribution in [3.8, 4) is 33.4 Å². The molecule has 1 aromatic heterocycles. The van der Waals surface area contributed by atoms with E-state index in [1.54, 1.807) is 0 Å². The van der Waals surface area contributed by atoms with Gasteiger partial charge < -0.3 is 4.42 Å². The molecule has 162 valence electrons. The number of hydrogen-bond donors (Lipinski definition) is 0. The van der Waals surface area contributed by atoms with Crippen molar-refractivity contribution >= 4 is 21.9 Å². The Labute approximate surface area is 199 Å². The lowest BCUT2D eigenvalue weighted by Crippen LogP contribution is -1.88. The highest BCUT2D eigenvalue weighted by Gasteiger charge is 2.22. The van der Waals surface area contributed by atoms with Crippen LogP contribution in [0.4, 0.5) is 0 Å². The number of benzene rings is 5. The van der Waals surface area contributed by atoms with E-state index in [0.717, 1.165) is 17.6 Å². The Morgan fingerprint density at radius 3 is 2.29 bits per heavy atom. The zero-order valence-corrected chi connectivity index (χ0v) is 19.4. The largest absolute Gasteiger partial charge is 0.456 e. The molecule has 5 aromatic carbocycles. The van der Waals surface area contributed by atoms with Crippen molar-refractivity contribution in [2.24, 2.45) is 0 Å². The third-order valence-corrected chi connectivity index (χ3v) is 7.30. The van der Waals surface area contributed by atoms with Crippen molar-refractivity contribution in [2.45, 2.75) is 20.3 Å². The molecule has 0 radical (unpaired) electrons. The van der Waals surface area contributed by atoms with Gasteiger partial charge in [-0.2, -0.15) is 0 Å². The van der Waals surface area contributed by atoms with Gasteiger partial charge in [0, 0.05) is 10.8 Å². The van der Waals surface area contributed by atoms with E-state index < -0.39 is 0 Å². The molecule has 7 rings (SSSR count). The summed E-state index contributed by atoms with van der Waals surface area (Å²) in [7, 11) is 0. The third-order valence-electron chi connectivity index (χ3n) is 7.30. The third kappa shape index (κ3) is 2.87. The lowest BCUT2D eigenvalue weighted by atomic mass is 9.94. The van der Waals surface area contributed by atoms with E-state index in [1.807, 2.05) is 0 Å². The fourth-order valence-electron chi connectivity index (χ4n) is 5.58. The van der Waals surface area contributed by atoms with Crippen molar-refractivity contribution in [3.05, 3.63) is 119 Å². The van der Waals surface area contributed by atoms with Gasteiger partial charge in [-0.3, -0.25) is 0 Å². The van der Waals surface area contributed by atoms with Gasteiger partial charge in [0.1, 0.15) is 11.2 Å². The monoisotopic (exact) mass is 436 g/mol. The lowest BCUT2D eigenvalue weighted by molar-refractivity contribution is 0.666. The summed E-state index contributed by atoms with van der Waals surface area (Å²) < 4.78 is 6.16. The number of rotatable bonds is 2. The molecule has 0 bridgehead atoms. The first kappa shape index (κ1) is 19.4. The molecule has 34 heavy (non-hydrogen) atoms. The van der Waals surface area contributed by atoms with Crippen LogP contribution in [0.5, 0.6) is 0 Å². The molecule has 1 heterocycles. The topological polar surface area (TPSA) is 13.1 Å². The predicted molar refractivity (Wildman–Crippen MR) is 142 cm³/mol. The summed E-state index contributed by atoms with van der Waals surface area (Å²) in [6, 6.07) is 35.5. The summed E-state index contributed by atoms with van der Waals surface area (Å²) in [6.07, 6.45) is 0.986. The van der Waals surface area contributed by atoms with Gasteiger partial charge in [0.15, 0.2) is 0 Å². The molecule has 0 unspecified atom stereocenters. The Kier molecular flexibility index (Phi) is 4.10. The highest BCUT2D eigenvalue weighted by Crippen LogP contribution is 2.43. The predicted octanol–water partition coefficient (Wildman–Crippen LogP) is 9.11. The summed E-state index contributed by atoms with van der Waals surface area (Å²) in [6.45, 7) is 4.27. The van der Waals surface area contributed by atoms with E-state index in [-0.39, 0.29) is 0 Å². The minimum atomic E-state index is 0.947. The molecule has 0 atom stereocenters. The number of aryl methyl sites for hydroxylation is 2. The van der Waals surface area contributed by atoms with Crippen molar-refractivity contribution in [3.63, 3.8) is 0 Å². The van der Waals surface area contributed by atoms with Gasteiger partial charge in [-0.1, -0.05) is 84.4 Å². The van der Waals surface area contributed by atoms with Crippen molar-refractivity contribution in [1.82, 2.24) is 0 Å². The van der Waals surface area contributed by atoms with E-state index >= 15 is 0 Å². The average Bonchev–Trinajstić information content (AvgIpc) is 3.42. The number of hydrogen-bond acceptors (Lipinski definition) is 1. The molecular weight excluding hydrogens is 412 g/mol. The first-order valence-corrected chi connectivity index (χ1v) is 11.9. The van der Waals surface area contributed by atoms with E-state index in [1.165, 1.54) is 66.4 Å². The summed E-state index contributed by atoms with van der Waals surface area (Å²) in [4.78, 5) is 0. The Bertz CT molecular complexity index is 1750. The molecule has 0 saturated heterocycles. The summed E-state index contributed by atoms with van der Waals surface area (Å²) in [5.74, 6) is 0. The molecule has 0 aliphatic heterocycles. The standard InChI is InChI=1S/C33H24O/c1-20-6-3-8-24(16-20)26-9-5-10-27-29-17-22(12-13-25(29)19-30(26)27)23-14-15-32-31(18-23)28-11-4-7-21(2)33(28)34-32/h3-18H,19H2,1-2H3. The summed E-state index contributed by atoms with van der Waals surface area (Å²) >= 11 is 0. The quantitative estimate of drug-likeness (QED) is 0.263. The molecular formula is C33H24O. The second-order valence-corrected chi connectivity index (χ2v) is 9.51. The van der Waals surface area contributed by atoms with Crippen LogP contribution in [-0.2, 0) is 6.42 Å². The maximum absolute atomic E-state index is 6.16. The second kappa shape index (κ2) is 7.20. The fraction of sp³-hybridized carbons (Fsp3) is 0.0909. The minimum Gasteiger partial charge on any atom is -0.456 e. The van der Waals surface area contributed by atoms with Gasteiger partial charge in [0.2, 0.25) is 0 Å². The molecule has 0 fully saturated rings. The zero-order chi connectivity index (χ0) is 22.8. The van der Waals surface area contributed by atoms with Gasteiger partial charge in [0.05, 0.1) is 0 Å². The number of furan rings is 1. The molecule has 0 spiro atoms. The van der Waals surface area contributed by atoms with Crippen LogP contribution in [0.3, 0.4) is 0 Å². The summed E-state index contributed by atoms with van der Waals surface area (Å²) in [5.41, 5.74) is 15.1. The Morgan fingerprint density at radius 2 is 1.38 bits per heavy atom. The maximum Gasteiger partial charge on any atom is 0.138 e. The molecule has 0 N–H and O–H groups in total. The molecule has 0 amide bonds. The smallest absolute Gasteiger partial charge is 0.138 e. The Hall–Kier alpha value is -4.10. The van der Waals surface area contributed by atoms with Crippen LogP contribution in [0.2, 0.25) is 0 Å². The van der Waals surface area contributed by atoms with Gasteiger partial charge in [-0.25, -0.2) is 0 Å². The van der Waals surface area contributed by atoms with Gasteiger partial charge in [0.25, 0.3) is 0 Å². The average molecular weight is 437 g/mol. The van der Waals surface area contributed by atoms with E-state index in [0.29, 0.717) is 0 Å². The molecule has 6 aromatic rings. The molecule has 0 saturated carbocycles. The Morgan fingerprint density at radius 1 is 0.588 bits per heavy atom. The SMILES string of the molecule is Cc1cccc(-c2cccc3c2Cc2ccc(-c4ccc5oc6c(C)cccc6c5c4)cc2-3)c1. The van der Waals surface area contributed by atoms with Gasteiger partial charge >= 0.3 is 0 Å². The van der Waals surface area contributed by atoms with Crippen LogP contribution in [0.1, 0.15) is 22.3 Å². The normalized spacial score (nSPS) is 12.3. The van der Waals surface area contributed by atoms with Crippen LogP contribution in [-0.4, -0.2) is 0 Å². The van der Waals surface area contributed by atoms with Crippen LogP contribution in [0, 0.1) is 13.8 Å². The number of fused-ring (bicyclic) bond motifs is 6. The van der Waals surface area contributed by atoms with Crippen LogP contribution in [0.25, 0.3) is 55.3 Å². The van der Waals surface area contributed by atoms with Crippen LogP contribution < -0.4 is 0 Å². The van der Waals surface area contributed by atoms with Crippen molar-refractivity contribution < 1.29 is 4.42 Å². The van der Waals surface area contributed by atoms with Crippen molar-refractivity contribution in [1.29, 1.82) is 0 Å². The Balaban J connectivity index is 1.36. The molecule has 1 aliphatic rings. The molecule has 1 heteroatoms. The van der Waals surface area contributed by atoms with Gasteiger partial charge in [-0.15, -0.1) is 0 Å². The minimum absolute atomic E-state index is 0.947. The first-order chi connectivity index (χ1) is 16.7. The molecule has 1 nitrogen and oxygen atoms in total. The second-order valence-electron chi connectivity index (χ2n) is 9.51.